The molecule has 2 aromatic rings. The van der Waals surface area contributed by atoms with Gasteiger partial charge in [-0.1, -0.05) is 5.16 Å². The van der Waals surface area contributed by atoms with E-state index in [2.05, 4.69) is 20.1 Å². The van der Waals surface area contributed by atoms with E-state index in [0.717, 1.165) is 50.4 Å². The molecule has 0 saturated carbocycles. The van der Waals surface area contributed by atoms with Gasteiger partial charge in [0.2, 0.25) is 5.89 Å². The average Bonchev–Trinajstić information content (AvgIpc) is 3.16. The monoisotopic (exact) mass is 333 g/mol. The second-order valence-electron chi connectivity index (χ2n) is 6.41. The van der Waals surface area contributed by atoms with Gasteiger partial charge in [-0.05, 0) is 38.8 Å². The quantitative estimate of drug-likeness (QED) is 0.820. The van der Waals surface area contributed by atoms with Crippen molar-refractivity contribution in [3.63, 3.8) is 0 Å². The predicted octanol–water partition coefficient (Wildman–Crippen LogP) is 1.50. The molecule has 0 bridgehead atoms. The van der Waals surface area contributed by atoms with E-state index in [0.29, 0.717) is 18.3 Å². The minimum Gasteiger partial charge on any atom is -0.481 e. The molecule has 1 N–H and O–H groups in total. The highest BCUT2D eigenvalue weighted by Crippen LogP contribution is 2.22. The predicted molar refractivity (Wildman–Crippen MR) is 85.2 cm³/mol. The molecule has 0 aliphatic carbocycles. The lowest BCUT2D eigenvalue weighted by Crippen LogP contribution is -2.33. The molecule has 0 aromatic carbocycles. The number of nitrogens with zero attached hydrogens (tertiary/aromatic N) is 5. The van der Waals surface area contributed by atoms with E-state index < -0.39 is 5.97 Å². The van der Waals surface area contributed by atoms with Gasteiger partial charge < -0.3 is 9.63 Å². The van der Waals surface area contributed by atoms with Crippen LogP contribution in [0.2, 0.25) is 0 Å². The Hall–Kier alpha value is -2.22. The van der Waals surface area contributed by atoms with Crippen LogP contribution >= 0.6 is 0 Å². The molecule has 1 aliphatic rings. The summed E-state index contributed by atoms with van der Waals surface area (Å²) in [6.07, 6.45) is 6.97. The van der Waals surface area contributed by atoms with Crippen LogP contribution in [0.3, 0.4) is 0 Å². The Bertz CT molecular complexity index is 673. The highest BCUT2D eigenvalue weighted by molar-refractivity contribution is 5.66. The van der Waals surface area contributed by atoms with Gasteiger partial charge in [0, 0.05) is 24.7 Å². The third kappa shape index (κ3) is 4.64. The molecule has 0 unspecified atom stereocenters. The van der Waals surface area contributed by atoms with Gasteiger partial charge in [0.05, 0.1) is 19.2 Å². The third-order valence-electron chi connectivity index (χ3n) is 4.39. The smallest absolute Gasteiger partial charge is 0.305 e. The van der Waals surface area contributed by atoms with Crippen molar-refractivity contribution in [2.75, 3.05) is 13.1 Å². The molecule has 3 rings (SSSR count). The van der Waals surface area contributed by atoms with E-state index in [1.807, 2.05) is 19.3 Å². The van der Waals surface area contributed by atoms with Gasteiger partial charge in [-0.15, -0.1) is 0 Å². The van der Waals surface area contributed by atoms with E-state index in [1.165, 1.54) is 0 Å². The number of carbonyl (C=O) groups is 1. The molecule has 24 heavy (non-hydrogen) atoms. The van der Waals surface area contributed by atoms with Gasteiger partial charge in [0.15, 0.2) is 5.82 Å². The lowest BCUT2D eigenvalue weighted by atomic mass is 9.93. The van der Waals surface area contributed by atoms with Crippen LogP contribution in [0.5, 0.6) is 0 Å². The maximum Gasteiger partial charge on any atom is 0.305 e. The summed E-state index contributed by atoms with van der Waals surface area (Å²) >= 11 is 0. The first kappa shape index (κ1) is 16.6. The first-order valence-electron chi connectivity index (χ1n) is 8.33. The van der Waals surface area contributed by atoms with Gasteiger partial charge >= 0.3 is 5.97 Å². The molecular formula is C16H23N5O3. The number of likely N-dealkylation sites (tertiary alicyclic amines) is 1. The van der Waals surface area contributed by atoms with Crippen molar-refractivity contribution in [2.45, 2.75) is 45.7 Å². The fourth-order valence-electron chi connectivity index (χ4n) is 3.10. The summed E-state index contributed by atoms with van der Waals surface area (Å²) in [5.74, 6) is 1.23. The van der Waals surface area contributed by atoms with Crippen molar-refractivity contribution in [2.24, 2.45) is 5.92 Å². The normalized spacial score (nSPS) is 16.5. The van der Waals surface area contributed by atoms with Crippen molar-refractivity contribution in [1.29, 1.82) is 0 Å². The van der Waals surface area contributed by atoms with E-state index in [4.69, 9.17) is 9.63 Å². The van der Waals surface area contributed by atoms with Gasteiger partial charge in [0.1, 0.15) is 0 Å². The first-order valence-corrected chi connectivity index (χ1v) is 8.33. The zero-order valence-electron chi connectivity index (χ0n) is 13.9. The Morgan fingerprint density at radius 3 is 2.88 bits per heavy atom. The number of aryl methyl sites for hydroxylation is 2. The van der Waals surface area contributed by atoms with Gasteiger partial charge in [-0.3, -0.25) is 14.4 Å². The second kappa shape index (κ2) is 7.57. The number of hydrogen-bond donors (Lipinski definition) is 1. The summed E-state index contributed by atoms with van der Waals surface area (Å²) in [4.78, 5) is 17.3. The highest BCUT2D eigenvalue weighted by atomic mass is 16.5. The number of hydrogen-bond acceptors (Lipinski definition) is 6. The fraction of sp³-hybridized carbons (Fsp3) is 0.625. The van der Waals surface area contributed by atoms with Crippen LogP contribution in [0.4, 0.5) is 0 Å². The lowest BCUT2D eigenvalue weighted by molar-refractivity contribution is -0.137. The molecule has 0 spiro atoms. The maximum atomic E-state index is 10.6. The molecule has 0 radical (unpaired) electrons. The molecule has 1 saturated heterocycles. The van der Waals surface area contributed by atoms with Gasteiger partial charge in [0.25, 0.3) is 0 Å². The summed E-state index contributed by atoms with van der Waals surface area (Å²) in [5.41, 5.74) is 1.13. The molecular weight excluding hydrogens is 310 g/mol. The van der Waals surface area contributed by atoms with Gasteiger partial charge in [-0.25, -0.2) is 0 Å². The maximum absolute atomic E-state index is 10.6. The van der Waals surface area contributed by atoms with Crippen LogP contribution in [0.1, 0.15) is 36.5 Å². The van der Waals surface area contributed by atoms with Crippen molar-refractivity contribution >= 4 is 5.97 Å². The second-order valence-corrected chi connectivity index (χ2v) is 6.41. The molecule has 0 amide bonds. The molecule has 2 aromatic heterocycles. The molecule has 0 atom stereocenters. The Balaban J connectivity index is 1.42. The van der Waals surface area contributed by atoms with Crippen LogP contribution in [-0.4, -0.2) is 49.0 Å². The summed E-state index contributed by atoms with van der Waals surface area (Å²) in [6, 6.07) is 0. The van der Waals surface area contributed by atoms with Crippen LogP contribution in [-0.2, 0) is 24.3 Å². The topological polar surface area (TPSA) is 97.3 Å². The molecule has 3 heterocycles. The summed E-state index contributed by atoms with van der Waals surface area (Å²) in [7, 11) is 0. The summed E-state index contributed by atoms with van der Waals surface area (Å²) in [6.45, 7) is 5.20. The number of piperidine rings is 1. The SMILES string of the molecule is Cc1noc(CC2CCN(Cc3cnn(CCC(=O)O)c3)CC2)n1. The van der Waals surface area contributed by atoms with Crippen LogP contribution in [0.25, 0.3) is 0 Å². The average molecular weight is 333 g/mol. The summed E-state index contributed by atoms with van der Waals surface area (Å²) < 4.78 is 6.91. The van der Waals surface area contributed by atoms with Crippen molar-refractivity contribution in [3.8, 4) is 0 Å². The Kier molecular flexibility index (Phi) is 5.24. The van der Waals surface area contributed by atoms with E-state index in [9.17, 15) is 4.79 Å². The first-order chi connectivity index (χ1) is 11.6. The molecule has 8 nitrogen and oxygen atoms in total. The highest BCUT2D eigenvalue weighted by Gasteiger charge is 2.21. The number of aliphatic carboxylic acids is 1. The largest absolute Gasteiger partial charge is 0.481 e. The number of rotatable bonds is 7. The number of aromatic nitrogens is 4. The summed E-state index contributed by atoms with van der Waals surface area (Å²) in [5, 5.41) is 16.8. The minimum absolute atomic E-state index is 0.0989. The van der Waals surface area contributed by atoms with E-state index in [1.54, 1.807) is 4.68 Å². The molecule has 1 aliphatic heterocycles. The molecule has 130 valence electrons. The van der Waals surface area contributed by atoms with Gasteiger partial charge in [-0.2, -0.15) is 10.1 Å². The zero-order valence-corrected chi connectivity index (χ0v) is 13.9. The van der Waals surface area contributed by atoms with Crippen LogP contribution in [0.15, 0.2) is 16.9 Å². The Morgan fingerprint density at radius 1 is 1.42 bits per heavy atom. The van der Waals surface area contributed by atoms with E-state index >= 15 is 0 Å². The standard InChI is InChI=1S/C16H23N5O3/c1-12-18-15(24-19-12)8-13-2-5-20(6-3-13)10-14-9-17-21(11-14)7-4-16(22)23/h9,11,13H,2-8,10H2,1H3,(H,22,23). The Morgan fingerprint density at radius 2 is 2.21 bits per heavy atom. The number of carboxylic acid groups (broad SMARTS) is 1. The molecule has 1 fully saturated rings. The minimum atomic E-state index is -0.800. The number of carboxylic acids is 1. The van der Waals surface area contributed by atoms with Crippen molar-refractivity contribution in [1.82, 2.24) is 24.8 Å². The Labute approximate surface area is 140 Å². The third-order valence-corrected chi connectivity index (χ3v) is 4.39. The van der Waals surface area contributed by atoms with Crippen molar-refractivity contribution < 1.29 is 14.4 Å². The zero-order chi connectivity index (χ0) is 16.9. The van der Waals surface area contributed by atoms with Crippen molar-refractivity contribution in [3.05, 3.63) is 29.7 Å². The van der Waals surface area contributed by atoms with E-state index in [-0.39, 0.29) is 6.42 Å². The van der Waals surface area contributed by atoms with Crippen LogP contribution < -0.4 is 0 Å². The fourth-order valence-corrected chi connectivity index (χ4v) is 3.10. The lowest BCUT2D eigenvalue weighted by Gasteiger charge is -2.31. The van der Waals surface area contributed by atoms with Crippen LogP contribution in [0, 0.1) is 12.8 Å². The molecule has 8 heteroatoms.